The van der Waals surface area contributed by atoms with E-state index in [2.05, 4.69) is 0 Å². The Morgan fingerprint density at radius 1 is 1.06 bits per heavy atom. The number of amides is 2. The van der Waals surface area contributed by atoms with Crippen LogP contribution in [-0.2, 0) is 9.59 Å². The highest BCUT2D eigenvalue weighted by molar-refractivity contribution is 6.21. The molecular weight excluding hydrogens is 204 g/mol. The van der Waals surface area contributed by atoms with Gasteiger partial charge >= 0.3 is 0 Å². The van der Waals surface area contributed by atoms with Crippen molar-refractivity contribution in [2.45, 2.75) is 26.7 Å². The van der Waals surface area contributed by atoms with Gasteiger partial charge in [0, 0.05) is 12.8 Å². The molecule has 1 aliphatic rings. The van der Waals surface area contributed by atoms with Crippen molar-refractivity contribution in [3.05, 3.63) is 23.3 Å². The average Bonchev–Trinajstić information content (AvgIpc) is 2.53. The van der Waals surface area contributed by atoms with E-state index in [1.54, 1.807) is 12.1 Å². The molecule has 2 N–H and O–H groups in total. The second kappa shape index (κ2) is 3.63. The number of nitrogens with zero attached hydrogens (tertiary/aromatic N) is 1. The summed E-state index contributed by atoms with van der Waals surface area (Å²) in [6.07, 6.45) is 0.566. The molecule has 0 spiro atoms. The molecule has 0 aromatic heterocycles. The molecular formula is C12H14N2O2. The Bertz CT molecular complexity index is 464. The first kappa shape index (κ1) is 10.7. The van der Waals surface area contributed by atoms with Gasteiger partial charge in [0.1, 0.15) is 0 Å². The topological polar surface area (TPSA) is 63.4 Å². The third kappa shape index (κ3) is 1.56. The van der Waals surface area contributed by atoms with Crippen LogP contribution < -0.4 is 10.6 Å². The first-order valence-electron chi connectivity index (χ1n) is 5.23. The minimum atomic E-state index is -0.167. The molecule has 1 aliphatic heterocycles. The summed E-state index contributed by atoms with van der Waals surface area (Å²) >= 11 is 0. The number of nitrogen functional groups attached to an aromatic ring is 1. The summed E-state index contributed by atoms with van der Waals surface area (Å²) in [5, 5.41) is 0. The zero-order valence-electron chi connectivity index (χ0n) is 9.41. The Morgan fingerprint density at radius 3 is 2.12 bits per heavy atom. The lowest BCUT2D eigenvalue weighted by Crippen LogP contribution is -2.29. The van der Waals surface area contributed by atoms with Gasteiger partial charge < -0.3 is 5.73 Å². The van der Waals surface area contributed by atoms with Crippen molar-refractivity contribution in [1.29, 1.82) is 0 Å². The Hall–Kier alpha value is -1.84. The summed E-state index contributed by atoms with van der Waals surface area (Å²) < 4.78 is 0. The van der Waals surface area contributed by atoms with Crippen LogP contribution in [0.4, 0.5) is 11.4 Å². The summed E-state index contributed by atoms with van der Waals surface area (Å²) in [6.45, 7) is 3.88. The maximum absolute atomic E-state index is 11.6. The molecule has 1 aromatic rings. The van der Waals surface area contributed by atoms with Crippen LogP contribution in [0.2, 0.25) is 0 Å². The SMILES string of the molecule is Cc1cc(N)c(N2C(=O)CCC2=O)cc1C. The van der Waals surface area contributed by atoms with E-state index < -0.39 is 0 Å². The Labute approximate surface area is 94.0 Å². The third-order valence-electron chi connectivity index (χ3n) is 2.94. The van der Waals surface area contributed by atoms with E-state index >= 15 is 0 Å². The fourth-order valence-electron chi connectivity index (χ4n) is 1.86. The molecule has 2 rings (SSSR count). The number of carbonyl (C=O) groups excluding carboxylic acids is 2. The molecule has 0 atom stereocenters. The molecule has 1 saturated heterocycles. The van der Waals surface area contributed by atoms with Crippen LogP contribution in [0, 0.1) is 13.8 Å². The zero-order chi connectivity index (χ0) is 11.9. The maximum atomic E-state index is 11.6. The number of aryl methyl sites for hydroxylation is 2. The molecule has 0 saturated carbocycles. The highest BCUT2D eigenvalue weighted by Gasteiger charge is 2.31. The van der Waals surface area contributed by atoms with Crippen LogP contribution in [0.25, 0.3) is 0 Å². The summed E-state index contributed by atoms with van der Waals surface area (Å²) in [5.41, 5.74) is 8.93. The fourth-order valence-corrected chi connectivity index (χ4v) is 1.86. The van der Waals surface area contributed by atoms with Gasteiger partial charge in [-0.05, 0) is 37.1 Å². The number of rotatable bonds is 1. The van der Waals surface area contributed by atoms with Crippen LogP contribution in [-0.4, -0.2) is 11.8 Å². The van der Waals surface area contributed by atoms with E-state index in [9.17, 15) is 9.59 Å². The maximum Gasteiger partial charge on any atom is 0.234 e. The van der Waals surface area contributed by atoms with Crippen molar-refractivity contribution in [3.8, 4) is 0 Å². The quantitative estimate of drug-likeness (QED) is 0.574. The van der Waals surface area contributed by atoms with Crippen molar-refractivity contribution in [2.75, 3.05) is 10.6 Å². The molecule has 2 amide bonds. The van der Waals surface area contributed by atoms with Crippen LogP contribution >= 0.6 is 0 Å². The number of imide groups is 1. The number of nitrogens with two attached hydrogens (primary N) is 1. The Balaban J connectivity index is 2.51. The summed E-state index contributed by atoms with van der Waals surface area (Å²) in [6, 6.07) is 3.59. The average molecular weight is 218 g/mol. The van der Waals surface area contributed by atoms with Crippen LogP contribution in [0.5, 0.6) is 0 Å². The second-order valence-corrected chi connectivity index (χ2v) is 4.12. The van der Waals surface area contributed by atoms with Gasteiger partial charge in [0.15, 0.2) is 0 Å². The smallest absolute Gasteiger partial charge is 0.234 e. The van der Waals surface area contributed by atoms with E-state index in [0.717, 1.165) is 11.1 Å². The predicted molar refractivity (Wildman–Crippen MR) is 62.1 cm³/mol. The van der Waals surface area contributed by atoms with Gasteiger partial charge in [-0.1, -0.05) is 0 Å². The third-order valence-corrected chi connectivity index (χ3v) is 2.94. The lowest BCUT2D eigenvalue weighted by Gasteiger charge is -2.17. The van der Waals surface area contributed by atoms with Crippen LogP contribution in [0.3, 0.4) is 0 Å². The molecule has 4 heteroatoms. The number of hydrogen-bond acceptors (Lipinski definition) is 3. The summed E-state index contributed by atoms with van der Waals surface area (Å²) in [5.74, 6) is -0.333. The number of anilines is 2. The minimum absolute atomic E-state index is 0.167. The van der Waals surface area contributed by atoms with Crippen LogP contribution in [0.1, 0.15) is 24.0 Å². The zero-order valence-corrected chi connectivity index (χ0v) is 9.41. The predicted octanol–water partition coefficient (Wildman–Crippen LogP) is 1.54. The molecule has 1 aromatic carbocycles. The monoisotopic (exact) mass is 218 g/mol. The van der Waals surface area contributed by atoms with E-state index in [4.69, 9.17) is 5.73 Å². The summed E-state index contributed by atoms with van der Waals surface area (Å²) in [4.78, 5) is 24.4. The molecule has 16 heavy (non-hydrogen) atoms. The Kier molecular flexibility index (Phi) is 2.42. The minimum Gasteiger partial charge on any atom is -0.397 e. The standard InChI is InChI=1S/C12H14N2O2/c1-7-5-9(13)10(6-8(7)2)14-11(15)3-4-12(14)16/h5-6H,3-4,13H2,1-2H3. The molecule has 4 nitrogen and oxygen atoms in total. The molecule has 84 valence electrons. The van der Waals surface area contributed by atoms with Crippen molar-refractivity contribution < 1.29 is 9.59 Å². The number of carbonyl (C=O) groups is 2. The van der Waals surface area contributed by atoms with Gasteiger partial charge in [-0.3, -0.25) is 9.59 Å². The molecule has 0 aliphatic carbocycles. The van der Waals surface area contributed by atoms with Crippen molar-refractivity contribution in [1.82, 2.24) is 0 Å². The fraction of sp³-hybridized carbons (Fsp3) is 0.333. The molecule has 1 heterocycles. The van der Waals surface area contributed by atoms with Crippen molar-refractivity contribution in [3.63, 3.8) is 0 Å². The first-order valence-corrected chi connectivity index (χ1v) is 5.23. The van der Waals surface area contributed by atoms with Crippen LogP contribution in [0.15, 0.2) is 12.1 Å². The lowest BCUT2D eigenvalue weighted by molar-refractivity contribution is -0.121. The van der Waals surface area contributed by atoms with Crippen molar-refractivity contribution in [2.24, 2.45) is 0 Å². The van der Waals surface area contributed by atoms with E-state index in [-0.39, 0.29) is 24.7 Å². The van der Waals surface area contributed by atoms with Crippen molar-refractivity contribution >= 4 is 23.2 Å². The lowest BCUT2D eigenvalue weighted by atomic mass is 10.1. The largest absolute Gasteiger partial charge is 0.397 e. The molecule has 0 radical (unpaired) electrons. The van der Waals surface area contributed by atoms with Gasteiger partial charge in [-0.2, -0.15) is 0 Å². The van der Waals surface area contributed by atoms with Gasteiger partial charge in [0.2, 0.25) is 11.8 Å². The van der Waals surface area contributed by atoms with Gasteiger partial charge in [0.25, 0.3) is 0 Å². The van der Waals surface area contributed by atoms with E-state index in [0.29, 0.717) is 11.4 Å². The summed E-state index contributed by atoms with van der Waals surface area (Å²) in [7, 11) is 0. The highest BCUT2D eigenvalue weighted by atomic mass is 16.2. The second-order valence-electron chi connectivity index (χ2n) is 4.12. The number of benzene rings is 1. The van der Waals surface area contributed by atoms with Gasteiger partial charge in [-0.25, -0.2) is 4.90 Å². The van der Waals surface area contributed by atoms with E-state index in [1.165, 1.54) is 4.90 Å². The molecule has 0 bridgehead atoms. The molecule has 0 unspecified atom stereocenters. The molecule has 1 fully saturated rings. The number of hydrogen-bond donors (Lipinski definition) is 1. The van der Waals surface area contributed by atoms with Gasteiger partial charge in [-0.15, -0.1) is 0 Å². The highest BCUT2D eigenvalue weighted by Crippen LogP contribution is 2.30. The Morgan fingerprint density at radius 2 is 1.56 bits per heavy atom. The van der Waals surface area contributed by atoms with E-state index in [1.807, 2.05) is 13.8 Å². The van der Waals surface area contributed by atoms with Gasteiger partial charge in [0.05, 0.1) is 11.4 Å². The normalized spacial score (nSPS) is 16.0. The first-order chi connectivity index (χ1) is 7.50.